The molecule has 1 aromatic carbocycles. The zero-order valence-corrected chi connectivity index (χ0v) is 14.9. The summed E-state index contributed by atoms with van der Waals surface area (Å²) < 4.78 is 1.64. The molecule has 7 heteroatoms. The summed E-state index contributed by atoms with van der Waals surface area (Å²) in [6, 6.07) is 10.7. The second kappa shape index (κ2) is 6.80. The molecule has 0 radical (unpaired) electrons. The zero-order valence-electron chi connectivity index (χ0n) is 10.1. The topological polar surface area (TPSA) is 55.1 Å². The lowest BCUT2D eigenvalue weighted by Gasteiger charge is -2.17. The van der Waals surface area contributed by atoms with Crippen molar-refractivity contribution in [1.82, 2.24) is 5.32 Å². The SMILES string of the molecule is NC(=S)C(NC(=O)c1cc(Br)sc1Br)c1ccccc1. The Morgan fingerprint density at radius 3 is 2.45 bits per heavy atom. The van der Waals surface area contributed by atoms with Crippen LogP contribution >= 0.6 is 55.4 Å². The van der Waals surface area contributed by atoms with E-state index in [1.54, 1.807) is 6.07 Å². The van der Waals surface area contributed by atoms with Gasteiger partial charge in [0, 0.05) is 0 Å². The van der Waals surface area contributed by atoms with E-state index in [4.69, 9.17) is 18.0 Å². The molecule has 2 rings (SSSR count). The van der Waals surface area contributed by atoms with Gasteiger partial charge in [-0.15, -0.1) is 11.3 Å². The third-order valence-electron chi connectivity index (χ3n) is 2.59. The van der Waals surface area contributed by atoms with E-state index in [1.165, 1.54) is 11.3 Å². The van der Waals surface area contributed by atoms with Crippen LogP contribution in [0.15, 0.2) is 44.0 Å². The lowest BCUT2D eigenvalue weighted by molar-refractivity contribution is 0.0946. The lowest BCUT2D eigenvalue weighted by atomic mass is 10.1. The summed E-state index contributed by atoms with van der Waals surface area (Å²) in [5.74, 6) is -0.222. The van der Waals surface area contributed by atoms with E-state index < -0.39 is 6.04 Å². The number of rotatable bonds is 4. The monoisotopic (exact) mass is 432 g/mol. The molecule has 1 heterocycles. The number of halogens is 2. The number of hydrogen-bond donors (Lipinski definition) is 2. The molecule has 1 atom stereocenters. The van der Waals surface area contributed by atoms with Crippen LogP contribution in [0.25, 0.3) is 0 Å². The van der Waals surface area contributed by atoms with Gasteiger partial charge in [0.25, 0.3) is 5.91 Å². The third kappa shape index (κ3) is 3.66. The fourth-order valence-electron chi connectivity index (χ4n) is 1.67. The maximum absolute atomic E-state index is 12.3. The molecular weight excluding hydrogens is 424 g/mol. The van der Waals surface area contributed by atoms with Crippen molar-refractivity contribution < 1.29 is 4.79 Å². The number of nitrogens with one attached hydrogen (secondary N) is 1. The van der Waals surface area contributed by atoms with Crippen LogP contribution in [0.2, 0.25) is 0 Å². The molecule has 0 saturated heterocycles. The number of amides is 1. The highest BCUT2D eigenvalue weighted by molar-refractivity contribution is 9.12. The fourth-order valence-corrected chi connectivity index (χ4v) is 4.66. The summed E-state index contributed by atoms with van der Waals surface area (Å²) in [5, 5.41) is 2.85. The van der Waals surface area contributed by atoms with Gasteiger partial charge in [0.15, 0.2) is 0 Å². The zero-order chi connectivity index (χ0) is 14.7. The molecule has 104 valence electrons. The van der Waals surface area contributed by atoms with Gasteiger partial charge in [-0.05, 0) is 43.5 Å². The Hall–Kier alpha value is -0.760. The number of nitrogens with two attached hydrogens (primary N) is 1. The second-order valence-corrected chi connectivity index (χ2v) is 8.18. The highest BCUT2D eigenvalue weighted by Crippen LogP contribution is 2.32. The van der Waals surface area contributed by atoms with Crippen LogP contribution in [0, 0.1) is 0 Å². The van der Waals surface area contributed by atoms with Crippen molar-refractivity contribution in [2.75, 3.05) is 0 Å². The molecule has 1 amide bonds. The minimum Gasteiger partial charge on any atom is -0.391 e. The molecular formula is C13H10Br2N2OS2. The number of carbonyl (C=O) groups is 1. The first kappa shape index (κ1) is 15.6. The van der Waals surface area contributed by atoms with Crippen LogP contribution < -0.4 is 11.1 Å². The van der Waals surface area contributed by atoms with E-state index in [-0.39, 0.29) is 10.9 Å². The van der Waals surface area contributed by atoms with E-state index in [0.29, 0.717) is 5.56 Å². The highest BCUT2D eigenvalue weighted by Gasteiger charge is 2.20. The normalized spacial score (nSPS) is 11.9. The van der Waals surface area contributed by atoms with Gasteiger partial charge < -0.3 is 11.1 Å². The summed E-state index contributed by atoms with van der Waals surface area (Å²) in [6.45, 7) is 0. The van der Waals surface area contributed by atoms with Crippen LogP contribution in [-0.4, -0.2) is 10.9 Å². The van der Waals surface area contributed by atoms with Gasteiger partial charge in [0.1, 0.15) is 11.0 Å². The van der Waals surface area contributed by atoms with Gasteiger partial charge >= 0.3 is 0 Å². The predicted octanol–water partition coefficient (Wildman–Crippen LogP) is 4.03. The summed E-state index contributed by atoms with van der Waals surface area (Å²) >= 11 is 13.2. The van der Waals surface area contributed by atoms with Crippen molar-refractivity contribution in [3.05, 3.63) is 55.1 Å². The average molecular weight is 434 g/mol. The quantitative estimate of drug-likeness (QED) is 0.715. The maximum Gasteiger partial charge on any atom is 0.254 e. The van der Waals surface area contributed by atoms with Gasteiger partial charge in [-0.3, -0.25) is 4.79 Å². The van der Waals surface area contributed by atoms with Crippen LogP contribution in [-0.2, 0) is 0 Å². The molecule has 1 aromatic heterocycles. The van der Waals surface area contributed by atoms with Crippen molar-refractivity contribution in [3.8, 4) is 0 Å². The number of carbonyl (C=O) groups excluding carboxylic acids is 1. The van der Waals surface area contributed by atoms with Crippen LogP contribution in [0.4, 0.5) is 0 Å². The first-order chi connectivity index (χ1) is 9.49. The molecule has 20 heavy (non-hydrogen) atoms. The first-order valence-corrected chi connectivity index (χ1v) is 8.40. The van der Waals surface area contributed by atoms with Gasteiger partial charge in [-0.1, -0.05) is 42.5 Å². The lowest BCUT2D eigenvalue weighted by Crippen LogP contribution is -2.36. The van der Waals surface area contributed by atoms with E-state index in [2.05, 4.69) is 37.2 Å². The van der Waals surface area contributed by atoms with E-state index in [0.717, 1.165) is 13.1 Å². The Labute approximate surface area is 142 Å². The van der Waals surface area contributed by atoms with Crippen molar-refractivity contribution >= 4 is 66.3 Å². The molecule has 0 fully saturated rings. The molecule has 0 aliphatic heterocycles. The molecule has 0 aliphatic rings. The standard InChI is InChI=1S/C13H10Br2N2OS2/c14-9-6-8(11(15)20-9)13(18)17-10(12(16)19)7-4-2-1-3-5-7/h1-6,10H,(H2,16,19)(H,17,18). The van der Waals surface area contributed by atoms with Crippen molar-refractivity contribution in [3.63, 3.8) is 0 Å². The van der Waals surface area contributed by atoms with Crippen LogP contribution in [0.3, 0.4) is 0 Å². The molecule has 3 nitrogen and oxygen atoms in total. The van der Waals surface area contributed by atoms with E-state index >= 15 is 0 Å². The average Bonchev–Trinajstić information content (AvgIpc) is 2.75. The maximum atomic E-state index is 12.3. The Morgan fingerprint density at radius 1 is 1.30 bits per heavy atom. The number of thiophene rings is 1. The van der Waals surface area contributed by atoms with Crippen LogP contribution in [0.5, 0.6) is 0 Å². The minimum absolute atomic E-state index is 0.222. The Balaban J connectivity index is 2.23. The Morgan fingerprint density at radius 2 is 1.95 bits per heavy atom. The molecule has 3 N–H and O–H groups in total. The molecule has 2 aromatic rings. The van der Waals surface area contributed by atoms with Crippen LogP contribution in [0.1, 0.15) is 22.0 Å². The summed E-state index contributed by atoms with van der Waals surface area (Å²) in [4.78, 5) is 12.5. The van der Waals surface area contributed by atoms with Crippen molar-refractivity contribution in [1.29, 1.82) is 0 Å². The Kier molecular flexibility index (Phi) is 5.31. The highest BCUT2D eigenvalue weighted by atomic mass is 79.9. The van der Waals surface area contributed by atoms with E-state index in [1.807, 2.05) is 30.3 Å². The molecule has 0 bridgehead atoms. The van der Waals surface area contributed by atoms with Gasteiger partial charge in [-0.25, -0.2) is 0 Å². The molecule has 0 spiro atoms. The fraction of sp³-hybridized carbons (Fsp3) is 0.0769. The second-order valence-electron chi connectivity index (χ2n) is 3.96. The largest absolute Gasteiger partial charge is 0.391 e. The smallest absolute Gasteiger partial charge is 0.254 e. The molecule has 0 aliphatic carbocycles. The minimum atomic E-state index is -0.482. The summed E-state index contributed by atoms with van der Waals surface area (Å²) in [7, 11) is 0. The number of hydrogen-bond acceptors (Lipinski definition) is 3. The van der Waals surface area contributed by atoms with Gasteiger partial charge in [-0.2, -0.15) is 0 Å². The predicted molar refractivity (Wildman–Crippen MR) is 93.2 cm³/mol. The molecule has 1 unspecified atom stereocenters. The summed E-state index contributed by atoms with van der Waals surface area (Å²) in [5.41, 5.74) is 7.15. The summed E-state index contributed by atoms with van der Waals surface area (Å²) in [6.07, 6.45) is 0. The van der Waals surface area contributed by atoms with Crippen molar-refractivity contribution in [2.24, 2.45) is 5.73 Å². The Bertz CT molecular complexity index is 643. The number of benzene rings is 1. The van der Waals surface area contributed by atoms with Gasteiger partial charge in [0.05, 0.1) is 13.1 Å². The molecule has 0 saturated carbocycles. The third-order valence-corrected chi connectivity index (χ3v) is 5.17. The first-order valence-electron chi connectivity index (χ1n) is 5.59. The van der Waals surface area contributed by atoms with Crippen molar-refractivity contribution in [2.45, 2.75) is 6.04 Å². The van der Waals surface area contributed by atoms with E-state index in [9.17, 15) is 4.79 Å². The number of thiocarbonyl (C=S) groups is 1. The van der Waals surface area contributed by atoms with Gasteiger partial charge in [0.2, 0.25) is 0 Å².